The molecule has 0 saturated heterocycles. The standard InChI is InChI=1S/C9H12ClN3O3/c1-6(4-11-2)16-9-8(13(14)15)3-7(10)5-12-9/h3,5-6,11H,4H2,1-2H3. The molecule has 0 spiro atoms. The van der Waals surface area contributed by atoms with Crippen molar-refractivity contribution in [2.75, 3.05) is 13.6 Å². The zero-order valence-corrected chi connectivity index (χ0v) is 9.69. The van der Waals surface area contributed by atoms with Crippen molar-refractivity contribution in [1.29, 1.82) is 0 Å². The van der Waals surface area contributed by atoms with Gasteiger partial charge in [0.25, 0.3) is 5.88 Å². The van der Waals surface area contributed by atoms with Crippen molar-refractivity contribution in [3.05, 3.63) is 27.4 Å². The topological polar surface area (TPSA) is 77.3 Å². The van der Waals surface area contributed by atoms with Gasteiger partial charge in [0.15, 0.2) is 0 Å². The molecule has 88 valence electrons. The second-order valence-electron chi connectivity index (χ2n) is 3.22. The summed E-state index contributed by atoms with van der Waals surface area (Å²) in [7, 11) is 1.77. The number of hydrogen-bond donors (Lipinski definition) is 1. The van der Waals surface area contributed by atoms with Crippen LogP contribution in [-0.2, 0) is 0 Å². The molecule has 16 heavy (non-hydrogen) atoms. The van der Waals surface area contributed by atoms with Crippen LogP contribution in [0.3, 0.4) is 0 Å². The smallest absolute Gasteiger partial charge is 0.332 e. The summed E-state index contributed by atoms with van der Waals surface area (Å²) in [6.45, 7) is 2.36. The number of hydrogen-bond acceptors (Lipinski definition) is 5. The Hall–Kier alpha value is -1.40. The summed E-state index contributed by atoms with van der Waals surface area (Å²) < 4.78 is 5.33. The van der Waals surface area contributed by atoms with Gasteiger partial charge < -0.3 is 10.1 Å². The van der Waals surface area contributed by atoms with E-state index in [1.807, 2.05) is 0 Å². The molecule has 1 N–H and O–H groups in total. The van der Waals surface area contributed by atoms with Gasteiger partial charge in [0.2, 0.25) is 0 Å². The van der Waals surface area contributed by atoms with Crippen molar-refractivity contribution in [2.45, 2.75) is 13.0 Å². The Balaban J connectivity index is 2.90. The molecule has 0 aliphatic rings. The second kappa shape index (κ2) is 5.62. The summed E-state index contributed by atoms with van der Waals surface area (Å²) in [5.41, 5.74) is -0.226. The minimum Gasteiger partial charge on any atom is -0.468 e. The lowest BCUT2D eigenvalue weighted by atomic mass is 10.4. The van der Waals surface area contributed by atoms with Crippen molar-refractivity contribution < 1.29 is 9.66 Å². The highest BCUT2D eigenvalue weighted by Crippen LogP contribution is 2.27. The number of nitro groups is 1. The van der Waals surface area contributed by atoms with Crippen molar-refractivity contribution >= 4 is 17.3 Å². The molecule has 0 fully saturated rings. The van der Waals surface area contributed by atoms with Crippen molar-refractivity contribution in [2.24, 2.45) is 0 Å². The summed E-state index contributed by atoms with van der Waals surface area (Å²) >= 11 is 5.62. The molecule has 0 aromatic carbocycles. The SMILES string of the molecule is CNCC(C)Oc1ncc(Cl)cc1[N+](=O)[O-]. The van der Waals surface area contributed by atoms with Crippen LogP contribution >= 0.6 is 11.6 Å². The molecule has 1 aromatic rings. The maximum Gasteiger partial charge on any atom is 0.332 e. The van der Waals surface area contributed by atoms with E-state index in [2.05, 4.69) is 10.3 Å². The number of ether oxygens (including phenoxy) is 1. The minimum atomic E-state index is -0.569. The van der Waals surface area contributed by atoms with Gasteiger partial charge in [-0.25, -0.2) is 4.98 Å². The van der Waals surface area contributed by atoms with E-state index < -0.39 is 4.92 Å². The van der Waals surface area contributed by atoms with Crippen LogP contribution in [0.15, 0.2) is 12.3 Å². The Kier molecular flexibility index (Phi) is 4.45. The number of likely N-dealkylation sites (N-methyl/N-ethyl adjacent to an activating group) is 1. The van der Waals surface area contributed by atoms with Gasteiger partial charge in [-0.2, -0.15) is 0 Å². The third-order valence-electron chi connectivity index (χ3n) is 1.80. The summed E-state index contributed by atoms with van der Waals surface area (Å²) in [5.74, 6) is -0.0165. The van der Waals surface area contributed by atoms with Crippen LogP contribution in [0, 0.1) is 10.1 Å². The lowest BCUT2D eigenvalue weighted by Gasteiger charge is -2.12. The lowest BCUT2D eigenvalue weighted by Crippen LogP contribution is -2.26. The Morgan fingerprint density at radius 1 is 1.75 bits per heavy atom. The number of pyridine rings is 1. The first-order valence-electron chi connectivity index (χ1n) is 4.65. The van der Waals surface area contributed by atoms with Gasteiger partial charge in [-0.3, -0.25) is 10.1 Å². The molecule has 0 aliphatic heterocycles. The molecule has 1 atom stereocenters. The average Bonchev–Trinajstić information content (AvgIpc) is 2.20. The molecule has 0 saturated carbocycles. The zero-order chi connectivity index (χ0) is 12.1. The predicted octanol–water partition coefficient (Wildman–Crippen LogP) is 1.63. The molecule has 7 heteroatoms. The van der Waals surface area contributed by atoms with E-state index in [9.17, 15) is 10.1 Å². The number of rotatable bonds is 5. The molecule has 0 aliphatic carbocycles. The van der Waals surface area contributed by atoms with Crippen molar-refractivity contribution in [3.63, 3.8) is 0 Å². The Morgan fingerprint density at radius 3 is 3.00 bits per heavy atom. The average molecular weight is 246 g/mol. The third-order valence-corrected chi connectivity index (χ3v) is 2.01. The monoisotopic (exact) mass is 245 g/mol. The van der Waals surface area contributed by atoms with Crippen molar-refractivity contribution in [1.82, 2.24) is 10.3 Å². The fourth-order valence-electron chi connectivity index (χ4n) is 1.16. The quantitative estimate of drug-likeness (QED) is 0.630. The maximum atomic E-state index is 10.7. The Bertz CT molecular complexity index is 386. The molecule has 0 amide bonds. The van der Waals surface area contributed by atoms with Crippen LogP contribution in [0.25, 0.3) is 0 Å². The van der Waals surface area contributed by atoms with E-state index >= 15 is 0 Å². The van der Waals surface area contributed by atoms with Crippen LogP contribution in [0.2, 0.25) is 5.02 Å². The molecule has 1 aromatic heterocycles. The van der Waals surface area contributed by atoms with E-state index in [0.29, 0.717) is 6.54 Å². The molecule has 0 bridgehead atoms. The van der Waals surface area contributed by atoms with Crippen LogP contribution in [0.4, 0.5) is 5.69 Å². The summed E-state index contributed by atoms with van der Waals surface area (Å²) in [6.07, 6.45) is 1.10. The largest absolute Gasteiger partial charge is 0.468 e. The van der Waals surface area contributed by atoms with E-state index in [1.54, 1.807) is 14.0 Å². The van der Waals surface area contributed by atoms with Gasteiger partial charge in [0.1, 0.15) is 6.10 Å². The molecule has 1 unspecified atom stereocenters. The summed E-state index contributed by atoms with van der Waals surface area (Å²) in [6, 6.07) is 1.22. The summed E-state index contributed by atoms with van der Waals surface area (Å²) in [5, 5.41) is 13.8. The molecule has 1 rings (SSSR count). The fourth-order valence-corrected chi connectivity index (χ4v) is 1.31. The molecular formula is C9H12ClN3O3. The van der Waals surface area contributed by atoms with E-state index in [0.717, 1.165) is 0 Å². The van der Waals surface area contributed by atoms with Gasteiger partial charge in [-0.1, -0.05) is 11.6 Å². The van der Waals surface area contributed by atoms with E-state index in [4.69, 9.17) is 16.3 Å². The molecular weight excluding hydrogens is 234 g/mol. The molecule has 0 radical (unpaired) electrons. The third kappa shape index (κ3) is 3.32. The van der Waals surface area contributed by atoms with Gasteiger partial charge >= 0.3 is 5.69 Å². The highest BCUT2D eigenvalue weighted by Gasteiger charge is 2.19. The highest BCUT2D eigenvalue weighted by molar-refractivity contribution is 6.30. The van der Waals surface area contributed by atoms with Crippen LogP contribution in [0.1, 0.15) is 6.92 Å². The highest BCUT2D eigenvalue weighted by atomic mass is 35.5. The van der Waals surface area contributed by atoms with Gasteiger partial charge in [-0.05, 0) is 14.0 Å². The second-order valence-corrected chi connectivity index (χ2v) is 3.66. The van der Waals surface area contributed by atoms with Gasteiger partial charge in [0.05, 0.1) is 16.1 Å². The Morgan fingerprint density at radius 2 is 2.44 bits per heavy atom. The number of nitrogens with zero attached hydrogens (tertiary/aromatic N) is 2. The number of halogens is 1. The normalized spacial score (nSPS) is 12.2. The van der Waals surface area contributed by atoms with Crippen LogP contribution in [-0.4, -0.2) is 29.6 Å². The molecule has 6 nitrogen and oxygen atoms in total. The first-order chi connectivity index (χ1) is 7.54. The maximum absolute atomic E-state index is 10.7. The van der Waals surface area contributed by atoms with E-state index in [1.165, 1.54) is 12.3 Å². The summed E-state index contributed by atoms with van der Waals surface area (Å²) in [4.78, 5) is 14.0. The first kappa shape index (κ1) is 12.7. The fraction of sp³-hybridized carbons (Fsp3) is 0.444. The zero-order valence-electron chi connectivity index (χ0n) is 8.94. The Labute approximate surface area is 97.7 Å². The molecule has 1 heterocycles. The van der Waals surface area contributed by atoms with Crippen LogP contribution in [0.5, 0.6) is 5.88 Å². The van der Waals surface area contributed by atoms with Crippen molar-refractivity contribution in [3.8, 4) is 5.88 Å². The predicted molar refractivity (Wildman–Crippen MR) is 59.9 cm³/mol. The number of nitrogens with one attached hydrogen (secondary N) is 1. The van der Waals surface area contributed by atoms with Gasteiger partial charge in [-0.15, -0.1) is 0 Å². The minimum absolute atomic E-state index is 0.0165. The van der Waals surface area contributed by atoms with E-state index in [-0.39, 0.29) is 22.7 Å². The lowest BCUT2D eigenvalue weighted by molar-refractivity contribution is -0.386. The van der Waals surface area contributed by atoms with Crippen LogP contribution < -0.4 is 10.1 Å². The van der Waals surface area contributed by atoms with Gasteiger partial charge in [0, 0.05) is 12.6 Å². The number of aromatic nitrogens is 1. The first-order valence-corrected chi connectivity index (χ1v) is 5.03.